The average molecular weight is 648 g/mol. The molecule has 0 radical (unpaired) electrons. The second-order valence-corrected chi connectivity index (χ2v) is 13.0. The van der Waals surface area contributed by atoms with Crippen molar-refractivity contribution >= 4 is 35.3 Å². The van der Waals surface area contributed by atoms with Gasteiger partial charge in [-0.25, -0.2) is 4.79 Å². The highest BCUT2D eigenvalue weighted by atomic mass is 35.5. The third kappa shape index (κ3) is 7.65. The van der Waals surface area contributed by atoms with Crippen LogP contribution in [-0.2, 0) is 35.0 Å². The number of halogens is 1. The minimum absolute atomic E-state index is 0.159. The highest BCUT2D eigenvalue weighted by Crippen LogP contribution is 2.48. The van der Waals surface area contributed by atoms with Crippen LogP contribution in [0.5, 0.6) is 5.75 Å². The SMILES string of the molecule is COc1cc2cc(c1Cl)N(C)C(=O)C[C@H](OC(=O)[C@H](C)N(C)C)[C@]1(C)OC1[C@H](C)C1CC(NC(=O)O1)[C@H](OC)/C=C/C=C(\C)C2. The van der Waals surface area contributed by atoms with E-state index < -0.39 is 48.1 Å². The van der Waals surface area contributed by atoms with Gasteiger partial charge in [0, 0.05) is 26.5 Å². The van der Waals surface area contributed by atoms with Crippen molar-refractivity contribution in [2.24, 2.45) is 5.92 Å². The molecule has 0 aromatic heterocycles. The van der Waals surface area contributed by atoms with Crippen LogP contribution in [0.25, 0.3) is 0 Å². The van der Waals surface area contributed by atoms with Gasteiger partial charge in [0.25, 0.3) is 0 Å². The number of alkyl carbamates (subject to hydrolysis) is 1. The van der Waals surface area contributed by atoms with Gasteiger partial charge in [0.05, 0.1) is 37.5 Å². The third-order valence-corrected chi connectivity index (χ3v) is 9.62. The summed E-state index contributed by atoms with van der Waals surface area (Å²) in [5.41, 5.74) is 1.40. The van der Waals surface area contributed by atoms with Gasteiger partial charge in [-0.3, -0.25) is 14.5 Å². The Morgan fingerprint density at radius 3 is 2.60 bits per heavy atom. The molecule has 248 valence electrons. The molecule has 3 unspecified atom stereocenters. The second kappa shape index (κ2) is 14.1. The Labute approximate surface area is 270 Å². The highest BCUT2D eigenvalue weighted by Gasteiger charge is 2.63. The molecule has 2 amide bonds. The Balaban J connectivity index is 1.77. The zero-order valence-electron chi connectivity index (χ0n) is 27.6. The van der Waals surface area contributed by atoms with Gasteiger partial charge in [0.15, 0.2) is 0 Å². The number of esters is 1. The number of rotatable bonds is 5. The van der Waals surface area contributed by atoms with Crippen LogP contribution in [0.15, 0.2) is 35.9 Å². The lowest BCUT2D eigenvalue weighted by atomic mass is 9.84. The molecule has 1 N–H and O–H groups in total. The van der Waals surface area contributed by atoms with Gasteiger partial charge in [0.1, 0.15) is 34.6 Å². The van der Waals surface area contributed by atoms with Crippen LogP contribution >= 0.6 is 11.6 Å². The van der Waals surface area contributed by atoms with E-state index in [4.69, 9.17) is 35.3 Å². The standard InChI is InChI=1S/C33H46ClN3O8/c1-18-11-10-12-24(41-8)22-16-25(43-32(40)35-22)19(2)30-33(4,45-30)27(44-31(39)20(3)36(5)6)17-28(38)37(7)23-14-21(13-18)15-26(42-9)29(23)34/h10-12,14-15,19-20,22,24-25,27,30H,13,16-17H2,1-9H3,(H,35,40)/b12-10+,18-11+/t19-,20+,22?,24-,25?,27+,30?,33+/m1/s1. The van der Waals surface area contributed by atoms with Crippen LogP contribution in [0.4, 0.5) is 10.5 Å². The van der Waals surface area contributed by atoms with Crippen LogP contribution in [0, 0.1) is 5.92 Å². The predicted molar refractivity (Wildman–Crippen MR) is 171 cm³/mol. The van der Waals surface area contributed by atoms with Crippen molar-refractivity contribution in [3.05, 3.63) is 46.5 Å². The number of likely N-dealkylation sites (N-methyl/N-ethyl adjacent to an activating group) is 1. The molecule has 1 aromatic carbocycles. The molecule has 2 saturated heterocycles. The van der Waals surface area contributed by atoms with Crippen molar-refractivity contribution in [3.8, 4) is 5.75 Å². The Kier molecular flexibility index (Phi) is 10.9. The lowest BCUT2D eigenvalue weighted by Gasteiger charge is -2.36. The Morgan fingerprint density at radius 1 is 1.24 bits per heavy atom. The van der Waals surface area contributed by atoms with E-state index >= 15 is 0 Å². The minimum atomic E-state index is -1.00. The summed E-state index contributed by atoms with van der Waals surface area (Å²) < 4.78 is 29.3. The van der Waals surface area contributed by atoms with Crippen molar-refractivity contribution in [2.75, 3.05) is 40.3 Å². The molecular formula is C33H46ClN3O8. The average Bonchev–Trinajstić information content (AvgIpc) is 3.69. The Hall–Kier alpha value is -3.12. The summed E-state index contributed by atoms with van der Waals surface area (Å²) in [6.07, 6.45) is 3.88. The van der Waals surface area contributed by atoms with E-state index in [2.05, 4.69) is 5.32 Å². The monoisotopic (exact) mass is 647 g/mol. The number of carbonyl (C=O) groups excluding carboxylic acids is 3. The van der Waals surface area contributed by atoms with Gasteiger partial charge in [-0.05, 0) is 59.0 Å². The van der Waals surface area contributed by atoms with Gasteiger partial charge in [-0.15, -0.1) is 0 Å². The van der Waals surface area contributed by atoms with Crippen LogP contribution in [0.2, 0.25) is 5.02 Å². The number of hydrogen-bond acceptors (Lipinski definition) is 9. The first-order chi connectivity index (χ1) is 21.2. The van der Waals surface area contributed by atoms with Crippen LogP contribution in [-0.4, -0.2) is 100 Å². The summed E-state index contributed by atoms with van der Waals surface area (Å²) >= 11 is 6.72. The number of anilines is 1. The Morgan fingerprint density at radius 2 is 1.96 bits per heavy atom. The smallest absolute Gasteiger partial charge is 0.407 e. The normalized spacial score (nSPS) is 33.2. The van der Waals surface area contributed by atoms with Gasteiger partial charge in [0.2, 0.25) is 5.91 Å². The molecule has 0 aliphatic carbocycles. The van der Waals surface area contributed by atoms with Crippen LogP contribution in [0.3, 0.4) is 0 Å². The maximum Gasteiger partial charge on any atom is 0.407 e. The van der Waals surface area contributed by atoms with E-state index in [-0.39, 0.29) is 24.3 Å². The molecule has 0 saturated carbocycles. The molecule has 4 rings (SSSR count). The predicted octanol–water partition coefficient (Wildman–Crippen LogP) is 4.30. The van der Waals surface area contributed by atoms with Gasteiger partial charge in [-0.1, -0.05) is 42.3 Å². The molecule has 8 atom stereocenters. The molecule has 0 spiro atoms. The lowest BCUT2D eigenvalue weighted by Crippen LogP contribution is -2.53. The van der Waals surface area contributed by atoms with Crippen molar-refractivity contribution in [3.63, 3.8) is 0 Å². The molecule has 1 aromatic rings. The summed E-state index contributed by atoms with van der Waals surface area (Å²) in [5, 5.41) is 3.18. The molecule has 3 heterocycles. The zero-order chi connectivity index (χ0) is 33.2. The van der Waals surface area contributed by atoms with Crippen LogP contribution in [0.1, 0.15) is 46.1 Å². The number of amides is 2. The quantitative estimate of drug-likeness (QED) is 0.369. The number of nitrogens with zero attached hydrogens (tertiary/aromatic N) is 2. The number of carbonyl (C=O) groups is 3. The molecule has 4 bridgehead atoms. The van der Waals surface area contributed by atoms with Gasteiger partial charge < -0.3 is 33.9 Å². The summed E-state index contributed by atoms with van der Waals surface area (Å²) in [6.45, 7) is 7.50. The fourth-order valence-electron chi connectivity index (χ4n) is 6.00. The summed E-state index contributed by atoms with van der Waals surface area (Å²) in [5.74, 6) is -0.632. The maximum absolute atomic E-state index is 13.9. The number of fused-ring (bicyclic) bond motifs is 5. The van der Waals surface area contributed by atoms with E-state index in [1.165, 1.54) is 12.0 Å². The minimum Gasteiger partial charge on any atom is -0.495 e. The van der Waals surface area contributed by atoms with E-state index in [1.54, 1.807) is 40.1 Å². The molecule has 2 fully saturated rings. The fourth-order valence-corrected chi connectivity index (χ4v) is 6.32. The number of allylic oxidation sites excluding steroid dienone is 3. The summed E-state index contributed by atoms with van der Waals surface area (Å²) in [4.78, 5) is 43.0. The van der Waals surface area contributed by atoms with Gasteiger partial charge >= 0.3 is 12.1 Å². The fraction of sp³-hybridized carbons (Fsp3) is 0.606. The first-order valence-electron chi connectivity index (χ1n) is 15.2. The molecule has 12 heteroatoms. The number of nitrogens with one attached hydrogen (secondary N) is 1. The Bertz CT molecular complexity index is 1350. The van der Waals surface area contributed by atoms with Crippen molar-refractivity contribution in [1.29, 1.82) is 0 Å². The molecule has 3 aliphatic heterocycles. The number of ether oxygens (including phenoxy) is 5. The van der Waals surface area contributed by atoms with E-state index in [0.29, 0.717) is 29.3 Å². The van der Waals surface area contributed by atoms with Crippen molar-refractivity contribution < 1.29 is 38.1 Å². The lowest BCUT2D eigenvalue weighted by molar-refractivity contribution is -0.158. The maximum atomic E-state index is 13.9. The van der Waals surface area contributed by atoms with E-state index in [1.807, 2.05) is 51.1 Å². The van der Waals surface area contributed by atoms with Crippen molar-refractivity contribution in [2.45, 2.75) is 89.1 Å². The summed E-state index contributed by atoms with van der Waals surface area (Å²) in [7, 11) is 8.32. The number of methoxy groups -OCH3 is 2. The first-order valence-corrected chi connectivity index (χ1v) is 15.6. The topological polar surface area (TPSA) is 119 Å². The third-order valence-electron chi connectivity index (χ3n) is 9.24. The largest absolute Gasteiger partial charge is 0.495 e. The number of benzene rings is 1. The second-order valence-electron chi connectivity index (χ2n) is 12.6. The highest BCUT2D eigenvalue weighted by molar-refractivity contribution is 6.35. The van der Waals surface area contributed by atoms with Crippen LogP contribution < -0.4 is 15.0 Å². The molecule has 3 aliphatic rings. The molecule has 45 heavy (non-hydrogen) atoms. The van der Waals surface area contributed by atoms with Crippen molar-refractivity contribution in [1.82, 2.24) is 10.2 Å². The molecular weight excluding hydrogens is 602 g/mol. The summed E-state index contributed by atoms with van der Waals surface area (Å²) in [6, 6.07) is 2.82. The van der Waals surface area contributed by atoms with E-state index in [9.17, 15) is 14.4 Å². The van der Waals surface area contributed by atoms with Gasteiger partial charge in [-0.2, -0.15) is 0 Å². The van der Waals surface area contributed by atoms with E-state index in [0.717, 1.165) is 11.1 Å². The number of epoxide rings is 1. The number of hydrogen-bond donors (Lipinski definition) is 1. The zero-order valence-corrected chi connectivity index (χ0v) is 28.3. The first kappa shape index (κ1) is 34.7. The molecule has 11 nitrogen and oxygen atoms in total.